The van der Waals surface area contributed by atoms with Crippen molar-refractivity contribution in [3.63, 3.8) is 0 Å². The van der Waals surface area contributed by atoms with E-state index in [1.807, 2.05) is 4.68 Å². The van der Waals surface area contributed by atoms with E-state index in [-0.39, 0.29) is 18.2 Å². The normalized spacial score (nSPS) is 27.9. The molecule has 0 spiro atoms. The number of aryl methyl sites for hydroxylation is 2. The Morgan fingerprint density at radius 3 is 2.83 bits per heavy atom. The Hall–Kier alpha value is -1.56. The summed E-state index contributed by atoms with van der Waals surface area (Å²) >= 11 is 0. The summed E-state index contributed by atoms with van der Waals surface area (Å²) in [6.45, 7) is 7.90. The topological polar surface area (TPSA) is 50.6 Å². The third kappa shape index (κ3) is 2.81. The van der Waals surface area contributed by atoms with Crippen molar-refractivity contribution in [1.82, 2.24) is 19.6 Å². The number of carbonyl (C=O) groups is 1. The highest BCUT2D eigenvalue weighted by Gasteiger charge is 2.50. The number of hydrogen-bond donors (Lipinski definition) is 0. The van der Waals surface area contributed by atoms with Crippen LogP contribution in [0.4, 0.5) is 4.79 Å². The highest BCUT2D eigenvalue weighted by Crippen LogP contribution is 2.34. The van der Waals surface area contributed by atoms with Gasteiger partial charge in [0, 0.05) is 44.0 Å². The highest BCUT2D eigenvalue weighted by atomic mass is 16.6. The van der Waals surface area contributed by atoms with Gasteiger partial charge in [-0.3, -0.25) is 14.5 Å². The molecule has 2 atom stereocenters. The monoisotopic (exact) mass is 332 g/mol. The fourth-order valence-electron chi connectivity index (χ4n) is 4.57. The van der Waals surface area contributed by atoms with Crippen LogP contribution in [0.5, 0.6) is 0 Å². The molecular weight excluding hydrogens is 304 g/mol. The van der Waals surface area contributed by atoms with Crippen molar-refractivity contribution in [2.24, 2.45) is 0 Å². The molecule has 1 saturated carbocycles. The number of likely N-dealkylation sites (tertiary alicyclic amines) is 1. The fraction of sp³-hybridized carbons (Fsp3) is 0.778. The second-order valence-electron chi connectivity index (χ2n) is 7.53. The summed E-state index contributed by atoms with van der Waals surface area (Å²) in [5.41, 5.74) is 2.41. The summed E-state index contributed by atoms with van der Waals surface area (Å²) in [6.07, 6.45) is 8.00. The van der Waals surface area contributed by atoms with Crippen LogP contribution in [0.15, 0.2) is 6.20 Å². The minimum absolute atomic E-state index is 0.0455. The molecule has 1 aromatic heterocycles. The van der Waals surface area contributed by atoms with Crippen LogP contribution >= 0.6 is 0 Å². The molecule has 6 nitrogen and oxygen atoms in total. The predicted octanol–water partition coefficient (Wildman–Crippen LogP) is 2.55. The van der Waals surface area contributed by atoms with E-state index >= 15 is 0 Å². The molecule has 0 unspecified atom stereocenters. The molecule has 0 bridgehead atoms. The van der Waals surface area contributed by atoms with Crippen molar-refractivity contribution >= 4 is 6.09 Å². The Labute approximate surface area is 143 Å². The van der Waals surface area contributed by atoms with Crippen LogP contribution in [0.3, 0.4) is 0 Å². The van der Waals surface area contributed by atoms with Crippen LogP contribution in [0.1, 0.15) is 50.3 Å². The molecule has 2 saturated heterocycles. The Balaban J connectivity index is 1.42. The van der Waals surface area contributed by atoms with E-state index in [0.717, 1.165) is 51.1 Å². The Bertz CT molecular complexity index is 608. The summed E-state index contributed by atoms with van der Waals surface area (Å²) in [4.78, 5) is 16.7. The number of ether oxygens (including phenoxy) is 1. The fourth-order valence-corrected chi connectivity index (χ4v) is 4.57. The van der Waals surface area contributed by atoms with Gasteiger partial charge in [0.25, 0.3) is 0 Å². The summed E-state index contributed by atoms with van der Waals surface area (Å²) in [6, 6.07) is 0.646. The van der Waals surface area contributed by atoms with Crippen molar-refractivity contribution in [2.75, 3.05) is 13.1 Å². The van der Waals surface area contributed by atoms with E-state index in [0.29, 0.717) is 6.04 Å². The second-order valence-corrected chi connectivity index (χ2v) is 7.53. The molecule has 3 heterocycles. The molecule has 6 heteroatoms. The number of hydrogen-bond acceptors (Lipinski definition) is 4. The van der Waals surface area contributed by atoms with Gasteiger partial charge in [-0.2, -0.15) is 5.10 Å². The third-order valence-electron chi connectivity index (χ3n) is 5.75. The molecular formula is C18H28N4O2. The minimum Gasteiger partial charge on any atom is -0.442 e. The smallest absolute Gasteiger partial charge is 0.410 e. The zero-order valence-corrected chi connectivity index (χ0v) is 14.8. The average Bonchev–Trinajstić information content (AvgIpc) is 3.27. The molecule has 132 valence electrons. The van der Waals surface area contributed by atoms with Crippen molar-refractivity contribution < 1.29 is 9.53 Å². The SMILES string of the molecule is CCCn1cc(CN2C[C@@H]3OC(=O)N(C4CCCC4)[C@@H]3C2)c(C)n1. The van der Waals surface area contributed by atoms with E-state index in [2.05, 4.69) is 34.9 Å². The lowest BCUT2D eigenvalue weighted by molar-refractivity contribution is 0.113. The maximum absolute atomic E-state index is 12.2. The first-order valence-electron chi connectivity index (χ1n) is 9.40. The van der Waals surface area contributed by atoms with E-state index < -0.39 is 0 Å². The van der Waals surface area contributed by atoms with Crippen LogP contribution in [0.25, 0.3) is 0 Å². The summed E-state index contributed by atoms with van der Waals surface area (Å²) in [7, 11) is 0. The molecule has 24 heavy (non-hydrogen) atoms. The summed E-state index contributed by atoms with van der Waals surface area (Å²) in [5, 5.41) is 4.60. The number of aromatic nitrogens is 2. The summed E-state index contributed by atoms with van der Waals surface area (Å²) < 4.78 is 7.72. The van der Waals surface area contributed by atoms with Gasteiger partial charge in [-0.25, -0.2) is 4.79 Å². The number of rotatable bonds is 5. The molecule has 4 rings (SSSR count). The molecule has 0 aromatic carbocycles. The largest absolute Gasteiger partial charge is 0.442 e. The first-order valence-corrected chi connectivity index (χ1v) is 9.40. The molecule has 1 aromatic rings. The van der Waals surface area contributed by atoms with Crippen molar-refractivity contribution in [3.8, 4) is 0 Å². The average molecular weight is 332 g/mol. The van der Waals surface area contributed by atoms with Crippen molar-refractivity contribution in [1.29, 1.82) is 0 Å². The van der Waals surface area contributed by atoms with Gasteiger partial charge in [0.1, 0.15) is 6.10 Å². The van der Waals surface area contributed by atoms with Crippen LogP contribution < -0.4 is 0 Å². The molecule has 2 aliphatic heterocycles. The Morgan fingerprint density at radius 1 is 1.29 bits per heavy atom. The number of amides is 1. The van der Waals surface area contributed by atoms with Crippen molar-refractivity contribution in [2.45, 2.75) is 77.2 Å². The molecule has 0 radical (unpaired) electrons. The van der Waals surface area contributed by atoms with Crippen molar-refractivity contribution in [3.05, 3.63) is 17.5 Å². The summed E-state index contributed by atoms with van der Waals surface area (Å²) in [5.74, 6) is 0. The highest BCUT2D eigenvalue weighted by molar-refractivity contribution is 5.71. The van der Waals surface area contributed by atoms with Gasteiger partial charge >= 0.3 is 6.09 Å². The lowest BCUT2D eigenvalue weighted by atomic mass is 10.1. The van der Waals surface area contributed by atoms with E-state index in [1.54, 1.807) is 0 Å². The molecule has 3 aliphatic rings. The zero-order chi connectivity index (χ0) is 16.7. The Morgan fingerprint density at radius 2 is 2.08 bits per heavy atom. The molecule has 1 aliphatic carbocycles. The lowest BCUT2D eigenvalue weighted by Gasteiger charge is -2.27. The van der Waals surface area contributed by atoms with Crippen LogP contribution in [-0.2, 0) is 17.8 Å². The standard InChI is InChI=1S/C18H28N4O2/c1-3-8-21-10-14(13(2)19-21)9-20-11-16-17(12-20)24-18(23)22(16)15-6-4-5-7-15/h10,15-17H,3-9,11-12H2,1-2H3/t16-,17+/m1/s1. The maximum atomic E-state index is 12.2. The predicted molar refractivity (Wildman–Crippen MR) is 90.7 cm³/mol. The van der Waals surface area contributed by atoms with E-state index in [1.165, 1.54) is 18.4 Å². The lowest BCUT2D eigenvalue weighted by Crippen LogP contribution is -2.43. The Kier molecular flexibility index (Phi) is 4.24. The van der Waals surface area contributed by atoms with Gasteiger partial charge < -0.3 is 4.74 Å². The van der Waals surface area contributed by atoms with Gasteiger partial charge in [-0.05, 0) is 26.2 Å². The first-order chi connectivity index (χ1) is 11.7. The van der Waals surface area contributed by atoms with Gasteiger partial charge in [0.05, 0.1) is 11.7 Å². The van der Waals surface area contributed by atoms with E-state index in [4.69, 9.17) is 4.74 Å². The molecule has 0 N–H and O–H groups in total. The van der Waals surface area contributed by atoms with Gasteiger partial charge in [0.15, 0.2) is 0 Å². The first kappa shape index (κ1) is 15.9. The van der Waals surface area contributed by atoms with Crippen LogP contribution in [0.2, 0.25) is 0 Å². The number of nitrogens with zero attached hydrogens (tertiary/aromatic N) is 4. The van der Waals surface area contributed by atoms with Gasteiger partial charge in [-0.15, -0.1) is 0 Å². The molecule has 1 amide bonds. The zero-order valence-electron chi connectivity index (χ0n) is 14.8. The van der Waals surface area contributed by atoms with Crippen LogP contribution in [0, 0.1) is 6.92 Å². The quantitative estimate of drug-likeness (QED) is 0.831. The van der Waals surface area contributed by atoms with E-state index in [9.17, 15) is 4.79 Å². The van der Waals surface area contributed by atoms with Gasteiger partial charge in [-0.1, -0.05) is 19.8 Å². The minimum atomic E-state index is -0.0801. The second kappa shape index (κ2) is 6.39. The number of fused-ring (bicyclic) bond motifs is 1. The van der Waals surface area contributed by atoms with Crippen LogP contribution in [-0.4, -0.2) is 57.0 Å². The third-order valence-corrected chi connectivity index (χ3v) is 5.75. The number of carbonyl (C=O) groups excluding carboxylic acids is 1. The van der Waals surface area contributed by atoms with Gasteiger partial charge in [0.2, 0.25) is 0 Å². The molecule has 3 fully saturated rings. The maximum Gasteiger partial charge on any atom is 0.410 e.